The van der Waals surface area contributed by atoms with Gasteiger partial charge in [0.25, 0.3) is 0 Å². The van der Waals surface area contributed by atoms with Gasteiger partial charge in [0, 0.05) is 0 Å². The first-order chi connectivity index (χ1) is 11.1. The zero-order chi connectivity index (χ0) is 16.7. The van der Waals surface area contributed by atoms with Crippen molar-refractivity contribution in [3.05, 3.63) is 64.7 Å². The maximum absolute atomic E-state index is 6.01. The molecule has 0 radical (unpaired) electrons. The van der Waals surface area contributed by atoms with E-state index in [0.29, 0.717) is 12.5 Å². The average Bonchev–Trinajstić information content (AvgIpc) is 2.58. The molecule has 0 aromatic heterocycles. The summed E-state index contributed by atoms with van der Waals surface area (Å²) in [6.07, 6.45) is 3.15. The van der Waals surface area contributed by atoms with Crippen molar-refractivity contribution in [3.63, 3.8) is 0 Å². The maximum atomic E-state index is 6.01. The van der Waals surface area contributed by atoms with Crippen LogP contribution in [0.5, 0.6) is 5.75 Å². The largest absolute Gasteiger partial charge is 0.494 e. The Balaban J connectivity index is 1.84. The van der Waals surface area contributed by atoms with Crippen LogP contribution >= 0.6 is 0 Å². The van der Waals surface area contributed by atoms with Gasteiger partial charge >= 0.3 is 0 Å². The van der Waals surface area contributed by atoms with Crippen LogP contribution in [0.1, 0.15) is 47.9 Å². The molecule has 2 aromatic carbocycles. The number of rotatable bonds is 8. The van der Waals surface area contributed by atoms with Crippen molar-refractivity contribution in [1.29, 1.82) is 0 Å². The number of hydrogen-bond donors (Lipinski definition) is 1. The molecule has 0 aliphatic heterocycles. The fourth-order valence-corrected chi connectivity index (χ4v) is 2.94. The summed E-state index contributed by atoms with van der Waals surface area (Å²) in [6.45, 7) is 7.90. The van der Waals surface area contributed by atoms with Gasteiger partial charge in [-0.05, 0) is 74.4 Å². The molecule has 2 nitrogen and oxygen atoms in total. The van der Waals surface area contributed by atoms with Gasteiger partial charge in [0.15, 0.2) is 0 Å². The zero-order valence-electron chi connectivity index (χ0n) is 14.6. The third kappa shape index (κ3) is 5.11. The lowest BCUT2D eigenvalue weighted by molar-refractivity contribution is 0.301. The van der Waals surface area contributed by atoms with Crippen molar-refractivity contribution in [3.8, 4) is 5.75 Å². The monoisotopic (exact) mass is 311 g/mol. The third-order valence-corrected chi connectivity index (χ3v) is 4.46. The van der Waals surface area contributed by atoms with E-state index in [0.717, 1.165) is 31.6 Å². The Morgan fingerprint density at radius 2 is 1.78 bits per heavy atom. The minimum Gasteiger partial charge on any atom is -0.494 e. The molecule has 0 aliphatic carbocycles. The van der Waals surface area contributed by atoms with Gasteiger partial charge in [-0.15, -0.1) is 0 Å². The van der Waals surface area contributed by atoms with Gasteiger partial charge in [-0.2, -0.15) is 0 Å². The minimum absolute atomic E-state index is 0.418. The number of ether oxygens (including phenoxy) is 1. The number of nitrogens with two attached hydrogens (primary N) is 1. The van der Waals surface area contributed by atoms with Gasteiger partial charge in [-0.25, -0.2) is 0 Å². The van der Waals surface area contributed by atoms with E-state index in [9.17, 15) is 0 Å². The molecule has 2 rings (SSSR count). The highest BCUT2D eigenvalue weighted by molar-refractivity contribution is 5.33. The first kappa shape index (κ1) is 17.6. The Labute approximate surface area is 140 Å². The summed E-state index contributed by atoms with van der Waals surface area (Å²) in [5, 5.41) is 0. The topological polar surface area (TPSA) is 35.2 Å². The van der Waals surface area contributed by atoms with Crippen molar-refractivity contribution in [2.75, 3.05) is 13.2 Å². The predicted molar refractivity (Wildman–Crippen MR) is 98.3 cm³/mol. The SMILES string of the molecule is CCc1ccc(OCCCC(CN)c2cc(C)ccc2C)cc1. The fourth-order valence-electron chi connectivity index (χ4n) is 2.94. The van der Waals surface area contributed by atoms with Crippen LogP contribution in [0.25, 0.3) is 0 Å². The van der Waals surface area contributed by atoms with Crippen molar-refractivity contribution in [2.45, 2.75) is 46.0 Å². The summed E-state index contributed by atoms with van der Waals surface area (Å²) in [4.78, 5) is 0. The van der Waals surface area contributed by atoms with E-state index in [1.165, 1.54) is 22.3 Å². The molecule has 2 aromatic rings. The highest BCUT2D eigenvalue weighted by Crippen LogP contribution is 2.25. The second-order valence-corrected chi connectivity index (χ2v) is 6.28. The van der Waals surface area contributed by atoms with Crippen LogP contribution in [-0.2, 0) is 6.42 Å². The molecule has 1 atom stereocenters. The molecule has 1 unspecified atom stereocenters. The van der Waals surface area contributed by atoms with Crippen molar-refractivity contribution < 1.29 is 4.74 Å². The Morgan fingerprint density at radius 1 is 1.04 bits per heavy atom. The molecule has 0 amide bonds. The Bertz CT molecular complexity index is 604. The normalized spacial score (nSPS) is 12.2. The van der Waals surface area contributed by atoms with E-state index >= 15 is 0 Å². The fraction of sp³-hybridized carbons (Fsp3) is 0.429. The zero-order valence-corrected chi connectivity index (χ0v) is 14.6. The van der Waals surface area contributed by atoms with Gasteiger partial charge < -0.3 is 10.5 Å². The Kier molecular flexibility index (Phi) is 6.66. The summed E-state index contributed by atoms with van der Waals surface area (Å²) in [5.41, 5.74) is 11.4. The second-order valence-electron chi connectivity index (χ2n) is 6.28. The second kappa shape index (κ2) is 8.73. The quantitative estimate of drug-likeness (QED) is 0.713. The van der Waals surface area contributed by atoms with Crippen LogP contribution in [0.15, 0.2) is 42.5 Å². The van der Waals surface area contributed by atoms with E-state index in [1.807, 2.05) is 0 Å². The van der Waals surface area contributed by atoms with Crippen molar-refractivity contribution in [2.24, 2.45) is 5.73 Å². The molecule has 0 fully saturated rings. The first-order valence-electron chi connectivity index (χ1n) is 8.63. The van der Waals surface area contributed by atoms with E-state index in [1.54, 1.807) is 0 Å². The summed E-state index contributed by atoms with van der Waals surface area (Å²) >= 11 is 0. The molecule has 23 heavy (non-hydrogen) atoms. The molecule has 0 saturated carbocycles. The summed E-state index contributed by atoms with van der Waals surface area (Å²) in [5.74, 6) is 1.37. The smallest absolute Gasteiger partial charge is 0.119 e. The van der Waals surface area contributed by atoms with Gasteiger partial charge in [0.2, 0.25) is 0 Å². The van der Waals surface area contributed by atoms with E-state index in [4.69, 9.17) is 10.5 Å². The first-order valence-corrected chi connectivity index (χ1v) is 8.63. The van der Waals surface area contributed by atoms with Crippen LogP contribution in [-0.4, -0.2) is 13.2 Å². The molecule has 0 bridgehead atoms. The van der Waals surface area contributed by atoms with Gasteiger partial charge in [0.1, 0.15) is 5.75 Å². The molecule has 0 heterocycles. The van der Waals surface area contributed by atoms with Crippen molar-refractivity contribution in [1.82, 2.24) is 0 Å². The lowest BCUT2D eigenvalue weighted by atomic mass is 9.90. The highest BCUT2D eigenvalue weighted by atomic mass is 16.5. The van der Waals surface area contributed by atoms with E-state index in [-0.39, 0.29) is 0 Å². The lowest BCUT2D eigenvalue weighted by Gasteiger charge is -2.18. The standard InChI is InChI=1S/C21H29NO/c1-4-18-9-11-20(12-10-18)23-13-5-6-19(15-22)21-14-16(2)7-8-17(21)3/h7-12,14,19H,4-6,13,15,22H2,1-3H3. The highest BCUT2D eigenvalue weighted by Gasteiger charge is 2.12. The summed E-state index contributed by atoms with van der Waals surface area (Å²) < 4.78 is 5.85. The Hall–Kier alpha value is -1.80. The minimum atomic E-state index is 0.418. The Morgan fingerprint density at radius 3 is 2.43 bits per heavy atom. The maximum Gasteiger partial charge on any atom is 0.119 e. The van der Waals surface area contributed by atoms with Gasteiger partial charge in [-0.3, -0.25) is 0 Å². The molecule has 2 N–H and O–H groups in total. The predicted octanol–water partition coefficient (Wildman–Crippen LogP) is 4.77. The molecule has 124 valence electrons. The van der Waals surface area contributed by atoms with Gasteiger partial charge in [-0.1, -0.05) is 42.8 Å². The van der Waals surface area contributed by atoms with Gasteiger partial charge in [0.05, 0.1) is 6.61 Å². The van der Waals surface area contributed by atoms with Crippen LogP contribution in [0.3, 0.4) is 0 Å². The molecular formula is C21H29NO. The number of benzene rings is 2. The van der Waals surface area contributed by atoms with Crippen LogP contribution in [0.2, 0.25) is 0 Å². The molecule has 0 spiro atoms. The average molecular weight is 311 g/mol. The summed E-state index contributed by atoms with van der Waals surface area (Å²) in [6, 6.07) is 15.0. The molecular weight excluding hydrogens is 282 g/mol. The number of hydrogen-bond acceptors (Lipinski definition) is 2. The van der Waals surface area contributed by atoms with Crippen LogP contribution in [0, 0.1) is 13.8 Å². The van der Waals surface area contributed by atoms with E-state index < -0.39 is 0 Å². The molecule has 0 saturated heterocycles. The lowest BCUT2D eigenvalue weighted by Crippen LogP contribution is -2.15. The van der Waals surface area contributed by atoms with Crippen molar-refractivity contribution >= 4 is 0 Å². The number of aryl methyl sites for hydroxylation is 3. The molecule has 2 heteroatoms. The van der Waals surface area contributed by atoms with E-state index in [2.05, 4.69) is 63.2 Å². The molecule has 0 aliphatic rings. The third-order valence-electron chi connectivity index (χ3n) is 4.46. The summed E-state index contributed by atoms with van der Waals surface area (Å²) in [7, 11) is 0. The van der Waals surface area contributed by atoms with Crippen LogP contribution < -0.4 is 10.5 Å². The van der Waals surface area contributed by atoms with Crippen LogP contribution in [0.4, 0.5) is 0 Å².